The summed E-state index contributed by atoms with van der Waals surface area (Å²) < 4.78 is 6.83. The second-order valence-electron chi connectivity index (χ2n) is 4.51. The third-order valence-electron chi connectivity index (χ3n) is 3.11. The van der Waals surface area contributed by atoms with E-state index in [2.05, 4.69) is 26.9 Å². The highest BCUT2D eigenvalue weighted by atomic mass is 16.5. The van der Waals surface area contributed by atoms with Gasteiger partial charge in [0.15, 0.2) is 0 Å². The summed E-state index contributed by atoms with van der Waals surface area (Å²) in [6.45, 7) is 0.738. The van der Waals surface area contributed by atoms with Crippen LogP contribution in [0.1, 0.15) is 5.56 Å². The number of nitrogens with one attached hydrogen (secondary N) is 1. The predicted octanol–water partition coefficient (Wildman–Crippen LogP) is 2.28. The minimum Gasteiger partial charge on any atom is -0.497 e. The van der Waals surface area contributed by atoms with Crippen LogP contribution in [0.5, 0.6) is 5.75 Å². The maximum atomic E-state index is 5.21. The molecule has 0 amide bonds. The lowest BCUT2D eigenvalue weighted by atomic mass is 10.2. The summed E-state index contributed by atoms with van der Waals surface area (Å²) in [4.78, 5) is 0. The Morgan fingerprint density at radius 1 is 1.14 bits per heavy atom. The summed E-state index contributed by atoms with van der Waals surface area (Å²) in [5, 5.41) is 14.5. The predicted molar refractivity (Wildman–Crippen MR) is 79.5 cm³/mol. The molecule has 0 atom stereocenters. The Bertz CT molecular complexity index is 694. The van der Waals surface area contributed by atoms with Crippen molar-refractivity contribution in [3.05, 3.63) is 60.4 Å². The van der Waals surface area contributed by atoms with Crippen LogP contribution in [0, 0.1) is 0 Å². The molecule has 0 aliphatic rings. The molecule has 0 saturated carbocycles. The summed E-state index contributed by atoms with van der Waals surface area (Å²) in [6.07, 6.45) is 1.57. The molecule has 106 valence electrons. The van der Waals surface area contributed by atoms with Crippen molar-refractivity contribution >= 4 is 5.69 Å². The van der Waals surface area contributed by atoms with Crippen LogP contribution in [0.4, 0.5) is 5.69 Å². The van der Waals surface area contributed by atoms with Gasteiger partial charge < -0.3 is 10.1 Å². The third kappa shape index (κ3) is 3.17. The molecule has 0 spiro atoms. The number of ether oxygens (including phenoxy) is 1. The number of rotatable bonds is 5. The van der Waals surface area contributed by atoms with E-state index in [9.17, 15) is 0 Å². The number of hydrogen-bond donors (Lipinski definition) is 1. The van der Waals surface area contributed by atoms with E-state index in [1.54, 1.807) is 18.1 Å². The van der Waals surface area contributed by atoms with Crippen LogP contribution in [0.25, 0.3) is 5.69 Å². The number of tetrazole rings is 1. The molecule has 1 aromatic heterocycles. The molecule has 6 heteroatoms. The molecule has 0 unspecified atom stereocenters. The van der Waals surface area contributed by atoms with Gasteiger partial charge in [-0.2, -0.15) is 0 Å². The van der Waals surface area contributed by atoms with Crippen molar-refractivity contribution in [2.24, 2.45) is 0 Å². The van der Waals surface area contributed by atoms with Crippen molar-refractivity contribution in [3.8, 4) is 11.4 Å². The fourth-order valence-electron chi connectivity index (χ4n) is 2.00. The van der Waals surface area contributed by atoms with Crippen molar-refractivity contribution in [3.63, 3.8) is 0 Å². The molecule has 0 radical (unpaired) electrons. The minimum absolute atomic E-state index is 0.738. The van der Waals surface area contributed by atoms with E-state index in [-0.39, 0.29) is 0 Å². The molecule has 3 aromatic rings. The van der Waals surface area contributed by atoms with Gasteiger partial charge in [0.2, 0.25) is 0 Å². The Hall–Kier alpha value is -2.89. The van der Waals surface area contributed by atoms with Crippen LogP contribution in [-0.4, -0.2) is 27.3 Å². The number of benzene rings is 2. The maximum absolute atomic E-state index is 5.21. The van der Waals surface area contributed by atoms with Gasteiger partial charge in [0, 0.05) is 12.2 Å². The van der Waals surface area contributed by atoms with Gasteiger partial charge in [-0.1, -0.05) is 12.1 Å². The van der Waals surface area contributed by atoms with Crippen molar-refractivity contribution in [1.82, 2.24) is 20.2 Å². The molecule has 2 aromatic carbocycles. The average molecular weight is 281 g/mol. The van der Waals surface area contributed by atoms with E-state index in [4.69, 9.17) is 4.74 Å². The molecular formula is C15H15N5O. The summed E-state index contributed by atoms with van der Waals surface area (Å²) in [7, 11) is 1.67. The number of hydrogen-bond acceptors (Lipinski definition) is 5. The maximum Gasteiger partial charge on any atom is 0.143 e. The van der Waals surface area contributed by atoms with Crippen LogP contribution in [0.15, 0.2) is 54.9 Å². The zero-order chi connectivity index (χ0) is 14.5. The summed E-state index contributed by atoms with van der Waals surface area (Å²) >= 11 is 0. The Balaban J connectivity index is 1.65. The Morgan fingerprint density at radius 3 is 2.71 bits per heavy atom. The van der Waals surface area contributed by atoms with Gasteiger partial charge in [-0.05, 0) is 52.4 Å². The zero-order valence-electron chi connectivity index (χ0n) is 11.6. The van der Waals surface area contributed by atoms with Crippen molar-refractivity contribution < 1.29 is 4.74 Å². The molecule has 0 aliphatic heterocycles. The first-order valence-electron chi connectivity index (χ1n) is 6.55. The Kier molecular flexibility index (Phi) is 3.77. The number of nitrogens with zero attached hydrogens (tertiary/aromatic N) is 4. The second kappa shape index (κ2) is 6.04. The molecule has 1 heterocycles. The summed E-state index contributed by atoms with van der Waals surface area (Å²) in [5.74, 6) is 0.864. The number of methoxy groups -OCH3 is 1. The van der Waals surface area contributed by atoms with E-state index >= 15 is 0 Å². The van der Waals surface area contributed by atoms with Crippen molar-refractivity contribution in [2.45, 2.75) is 6.54 Å². The highest BCUT2D eigenvalue weighted by molar-refractivity contribution is 5.48. The molecule has 21 heavy (non-hydrogen) atoms. The first-order chi connectivity index (χ1) is 10.3. The minimum atomic E-state index is 0.738. The highest BCUT2D eigenvalue weighted by Crippen LogP contribution is 2.16. The molecule has 0 aliphatic carbocycles. The third-order valence-corrected chi connectivity index (χ3v) is 3.11. The van der Waals surface area contributed by atoms with Crippen LogP contribution in [-0.2, 0) is 6.54 Å². The molecule has 1 N–H and O–H groups in total. The standard InChI is InChI=1S/C15H15N5O/c1-21-15-4-2-3-12(9-15)10-16-13-5-7-14(8-6-13)20-11-17-18-19-20/h2-9,11,16H,10H2,1H3. The van der Waals surface area contributed by atoms with E-state index in [0.717, 1.165) is 23.7 Å². The van der Waals surface area contributed by atoms with Gasteiger partial charge in [-0.3, -0.25) is 0 Å². The molecule has 3 rings (SSSR count). The second-order valence-corrected chi connectivity index (χ2v) is 4.51. The molecule has 0 fully saturated rings. The fraction of sp³-hybridized carbons (Fsp3) is 0.133. The van der Waals surface area contributed by atoms with E-state index in [0.29, 0.717) is 0 Å². The van der Waals surface area contributed by atoms with Gasteiger partial charge in [0.25, 0.3) is 0 Å². The average Bonchev–Trinajstić information content (AvgIpc) is 3.08. The van der Waals surface area contributed by atoms with Gasteiger partial charge in [0.1, 0.15) is 12.1 Å². The lowest BCUT2D eigenvalue weighted by molar-refractivity contribution is 0.414. The monoisotopic (exact) mass is 281 g/mol. The molecular weight excluding hydrogens is 266 g/mol. The molecule has 0 saturated heterocycles. The van der Waals surface area contributed by atoms with E-state index in [1.807, 2.05) is 42.5 Å². The zero-order valence-corrected chi connectivity index (χ0v) is 11.6. The largest absolute Gasteiger partial charge is 0.497 e. The van der Waals surface area contributed by atoms with Gasteiger partial charge >= 0.3 is 0 Å². The van der Waals surface area contributed by atoms with E-state index < -0.39 is 0 Å². The van der Waals surface area contributed by atoms with Gasteiger partial charge in [-0.15, -0.1) is 5.10 Å². The summed E-state index contributed by atoms with van der Waals surface area (Å²) in [6, 6.07) is 15.9. The smallest absolute Gasteiger partial charge is 0.143 e. The summed E-state index contributed by atoms with van der Waals surface area (Å²) in [5.41, 5.74) is 3.13. The van der Waals surface area contributed by atoms with E-state index in [1.165, 1.54) is 5.56 Å². The highest BCUT2D eigenvalue weighted by Gasteiger charge is 1.99. The molecule has 6 nitrogen and oxygen atoms in total. The normalized spacial score (nSPS) is 10.3. The van der Waals surface area contributed by atoms with Crippen LogP contribution >= 0.6 is 0 Å². The lowest BCUT2D eigenvalue weighted by Gasteiger charge is -2.08. The van der Waals surface area contributed by atoms with Crippen LogP contribution < -0.4 is 10.1 Å². The topological polar surface area (TPSA) is 64.9 Å². The SMILES string of the molecule is COc1cccc(CNc2ccc(-n3cnnn3)cc2)c1. The first kappa shape index (κ1) is 13.1. The van der Waals surface area contributed by atoms with Crippen LogP contribution in [0.3, 0.4) is 0 Å². The number of aromatic nitrogens is 4. The van der Waals surface area contributed by atoms with Crippen molar-refractivity contribution in [2.75, 3.05) is 12.4 Å². The van der Waals surface area contributed by atoms with Crippen molar-refractivity contribution in [1.29, 1.82) is 0 Å². The van der Waals surface area contributed by atoms with Gasteiger partial charge in [0.05, 0.1) is 12.8 Å². The lowest BCUT2D eigenvalue weighted by Crippen LogP contribution is -2.00. The quantitative estimate of drug-likeness (QED) is 0.777. The first-order valence-corrected chi connectivity index (χ1v) is 6.55. The van der Waals surface area contributed by atoms with Crippen LogP contribution in [0.2, 0.25) is 0 Å². The Morgan fingerprint density at radius 2 is 2.00 bits per heavy atom. The Labute approximate surface area is 122 Å². The number of anilines is 1. The van der Waals surface area contributed by atoms with Gasteiger partial charge in [-0.25, -0.2) is 4.68 Å². The fourth-order valence-corrected chi connectivity index (χ4v) is 2.00. The molecule has 0 bridgehead atoms.